The second-order valence-corrected chi connectivity index (χ2v) is 5.23. The van der Waals surface area contributed by atoms with Gasteiger partial charge in [-0.3, -0.25) is 4.90 Å². The van der Waals surface area contributed by atoms with Crippen molar-refractivity contribution in [1.29, 1.82) is 0 Å². The van der Waals surface area contributed by atoms with E-state index in [0.717, 1.165) is 43.2 Å². The third-order valence-corrected chi connectivity index (χ3v) is 3.98. The Kier molecular flexibility index (Phi) is 5.01. The zero-order valence-corrected chi connectivity index (χ0v) is 11.6. The zero-order chi connectivity index (χ0) is 13.0. The van der Waals surface area contributed by atoms with Gasteiger partial charge in [-0.1, -0.05) is 23.7 Å². The van der Waals surface area contributed by atoms with Gasteiger partial charge >= 0.3 is 0 Å². The van der Waals surface area contributed by atoms with Gasteiger partial charge in [0, 0.05) is 43.9 Å². The summed E-state index contributed by atoms with van der Waals surface area (Å²) in [5, 5.41) is 13.4. The van der Waals surface area contributed by atoms with E-state index in [4.69, 9.17) is 11.6 Å². The number of aliphatic hydroxyl groups is 1. The minimum atomic E-state index is 0.208. The zero-order valence-electron chi connectivity index (χ0n) is 10.8. The number of halogens is 1. The molecule has 4 heteroatoms. The molecule has 100 valence electrons. The van der Waals surface area contributed by atoms with Gasteiger partial charge in [0.2, 0.25) is 0 Å². The molecule has 0 saturated carbocycles. The van der Waals surface area contributed by atoms with Crippen LogP contribution >= 0.6 is 11.6 Å². The first-order chi connectivity index (χ1) is 8.72. The Morgan fingerprint density at radius 3 is 2.72 bits per heavy atom. The number of hydrogen-bond donors (Lipinski definition) is 2. The number of hydrogen-bond acceptors (Lipinski definition) is 3. The summed E-state index contributed by atoms with van der Waals surface area (Å²) in [4.78, 5) is 2.42. The average molecular weight is 269 g/mol. The molecule has 0 bridgehead atoms. The SMILES string of the molecule is Cc1ccc([C@@H](CCO)N2CCNCC2)cc1Cl. The Morgan fingerprint density at radius 1 is 1.39 bits per heavy atom. The fourth-order valence-corrected chi connectivity index (χ4v) is 2.68. The topological polar surface area (TPSA) is 35.5 Å². The molecule has 1 aliphatic heterocycles. The van der Waals surface area contributed by atoms with Gasteiger partial charge in [0.15, 0.2) is 0 Å². The van der Waals surface area contributed by atoms with E-state index in [9.17, 15) is 5.11 Å². The van der Waals surface area contributed by atoms with Gasteiger partial charge in [0.1, 0.15) is 0 Å². The number of aryl methyl sites for hydroxylation is 1. The summed E-state index contributed by atoms with van der Waals surface area (Å²) in [6, 6.07) is 6.50. The molecule has 0 spiro atoms. The van der Waals surface area contributed by atoms with Crippen LogP contribution < -0.4 is 5.32 Å². The Hall–Kier alpha value is -0.610. The summed E-state index contributed by atoms with van der Waals surface area (Å²) < 4.78 is 0. The van der Waals surface area contributed by atoms with Crippen molar-refractivity contribution in [2.24, 2.45) is 0 Å². The van der Waals surface area contributed by atoms with E-state index < -0.39 is 0 Å². The molecule has 0 amide bonds. The molecule has 1 aliphatic rings. The molecule has 1 saturated heterocycles. The summed E-state index contributed by atoms with van der Waals surface area (Å²) in [7, 11) is 0. The average Bonchev–Trinajstić information content (AvgIpc) is 2.40. The van der Waals surface area contributed by atoms with Crippen molar-refractivity contribution in [3.05, 3.63) is 34.3 Å². The molecule has 1 aromatic rings. The molecule has 3 nitrogen and oxygen atoms in total. The highest BCUT2D eigenvalue weighted by atomic mass is 35.5. The Balaban J connectivity index is 2.19. The van der Waals surface area contributed by atoms with E-state index in [1.54, 1.807) is 0 Å². The molecular formula is C14H21ClN2O. The smallest absolute Gasteiger partial charge is 0.0449 e. The first-order valence-corrected chi connectivity index (χ1v) is 6.92. The van der Waals surface area contributed by atoms with Crippen molar-refractivity contribution < 1.29 is 5.11 Å². The lowest BCUT2D eigenvalue weighted by atomic mass is 10.0. The maximum absolute atomic E-state index is 9.28. The van der Waals surface area contributed by atoms with Crippen LogP contribution in [0, 0.1) is 6.92 Å². The maximum Gasteiger partial charge on any atom is 0.0449 e. The van der Waals surface area contributed by atoms with Crippen LogP contribution in [0.1, 0.15) is 23.6 Å². The number of piperazine rings is 1. The van der Waals surface area contributed by atoms with E-state index in [0.29, 0.717) is 0 Å². The molecule has 1 atom stereocenters. The second kappa shape index (κ2) is 6.53. The minimum Gasteiger partial charge on any atom is -0.396 e. The maximum atomic E-state index is 9.28. The standard InChI is InChI=1S/C14H21ClN2O/c1-11-2-3-12(10-13(11)15)14(4-9-18)17-7-5-16-6-8-17/h2-3,10,14,16,18H,4-9H2,1H3/t14-/m1/s1. The van der Waals surface area contributed by atoms with E-state index in [1.165, 1.54) is 5.56 Å². The number of benzene rings is 1. The van der Waals surface area contributed by atoms with Gasteiger partial charge in [-0.15, -0.1) is 0 Å². The van der Waals surface area contributed by atoms with Crippen LogP contribution in [0.3, 0.4) is 0 Å². The fraction of sp³-hybridized carbons (Fsp3) is 0.571. The minimum absolute atomic E-state index is 0.208. The highest BCUT2D eigenvalue weighted by Crippen LogP contribution is 2.28. The lowest BCUT2D eigenvalue weighted by molar-refractivity contribution is 0.141. The highest BCUT2D eigenvalue weighted by molar-refractivity contribution is 6.31. The van der Waals surface area contributed by atoms with E-state index in [-0.39, 0.29) is 12.6 Å². The number of rotatable bonds is 4. The molecule has 18 heavy (non-hydrogen) atoms. The van der Waals surface area contributed by atoms with E-state index in [1.807, 2.05) is 13.0 Å². The predicted octanol–water partition coefficient (Wildman–Crippen LogP) is 1.98. The van der Waals surface area contributed by atoms with E-state index in [2.05, 4.69) is 22.3 Å². The quantitative estimate of drug-likeness (QED) is 0.877. The summed E-state index contributed by atoms with van der Waals surface area (Å²) in [6.07, 6.45) is 0.763. The molecule has 2 rings (SSSR count). The lowest BCUT2D eigenvalue weighted by Crippen LogP contribution is -2.45. The number of nitrogens with zero attached hydrogens (tertiary/aromatic N) is 1. The van der Waals surface area contributed by atoms with Crippen LogP contribution in [-0.2, 0) is 0 Å². The van der Waals surface area contributed by atoms with Crippen molar-refractivity contribution in [2.75, 3.05) is 32.8 Å². The van der Waals surface area contributed by atoms with Gasteiger partial charge in [-0.25, -0.2) is 0 Å². The number of nitrogens with one attached hydrogen (secondary N) is 1. The first-order valence-electron chi connectivity index (χ1n) is 6.54. The third kappa shape index (κ3) is 3.23. The summed E-state index contributed by atoms with van der Waals surface area (Å²) in [6.45, 7) is 6.30. The molecule has 0 radical (unpaired) electrons. The summed E-state index contributed by atoms with van der Waals surface area (Å²) >= 11 is 6.20. The predicted molar refractivity (Wildman–Crippen MR) is 75.1 cm³/mol. The van der Waals surface area contributed by atoms with Gasteiger partial charge in [0.05, 0.1) is 0 Å². The Labute approximate surface area is 114 Å². The fourth-order valence-electron chi connectivity index (χ4n) is 2.49. The lowest BCUT2D eigenvalue weighted by Gasteiger charge is -2.35. The Bertz CT molecular complexity index is 391. The van der Waals surface area contributed by atoms with Crippen LogP contribution in [0.5, 0.6) is 0 Å². The highest BCUT2D eigenvalue weighted by Gasteiger charge is 2.21. The summed E-state index contributed by atoms with van der Waals surface area (Å²) in [5.74, 6) is 0. The largest absolute Gasteiger partial charge is 0.396 e. The molecular weight excluding hydrogens is 248 g/mol. The van der Waals surface area contributed by atoms with Crippen LogP contribution in [0.2, 0.25) is 5.02 Å². The third-order valence-electron chi connectivity index (χ3n) is 3.58. The molecule has 1 aromatic carbocycles. The first kappa shape index (κ1) is 13.8. The molecule has 2 N–H and O–H groups in total. The van der Waals surface area contributed by atoms with Crippen molar-refractivity contribution >= 4 is 11.6 Å². The summed E-state index contributed by atoms with van der Waals surface area (Å²) in [5.41, 5.74) is 2.31. The second-order valence-electron chi connectivity index (χ2n) is 4.82. The van der Waals surface area contributed by atoms with Crippen LogP contribution in [0.25, 0.3) is 0 Å². The van der Waals surface area contributed by atoms with Crippen LogP contribution in [0.15, 0.2) is 18.2 Å². The van der Waals surface area contributed by atoms with Crippen molar-refractivity contribution in [2.45, 2.75) is 19.4 Å². The Morgan fingerprint density at radius 2 is 2.11 bits per heavy atom. The molecule has 0 unspecified atom stereocenters. The molecule has 1 fully saturated rings. The van der Waals surface area contributed by atoms with E-state index >= 15 is 0 Å². The molecule has 1 heterocycles. The van der Waals surface area contributed by atoms with Crippen molar-refractivity contribution in [1.82, 2.24) is 10.2 Å². The van der Waals surface area contributed by atoms with Gasteiger partial charge in [-0.05, 0) is 30.5 Å². The van der Waals surface area contributed by atoms with Gasteiger partial charge in [-0.2, -0.15) is 0 Å². The number of aliphatic hydroxyl groups excluding tert-OH is 1. The van der Waals surface area contributed by atoms with Gasteiger partial charge in [0.25, 0.3) is 0 Å². The monoisotopic (exact) mass is 268 g/mol. The van der Waals surface area contributed by atoms with Crippen molar-refractivity contribution in [3.63, 3.8) is 0 Å². The van der Waals surface area contributed by atoms with Gasteiger partial charge < -0.3 is 10.4 Å². The van der Waals surface area contributed by atoms with Crippen LogP contribution in [0.4, 0.5) is 0 Å². The molecule has 0 aliphatic carbocycles. The normalized spacial score (nSPS) is 18.8. The van der Waals surface area contributed by atoms with Crippen LogP contribution in [-0.4, -0.2) is 42.8 Å². The molecule has 0 aromatic heterocycles. The van der Waals surface area contributed by atoms with Crippen molar-refractivity contribution in [3.8, 4) is 0 Å².